The molecule has 0 aliphatic carbocycles. The standard InChI is InChI=1S/C16H29NO3/c1-5-8-10-11-13-20-16(19)14(4)17(12-9-6-2)15(18)7-3/h7,14H,3,5-6,8-13H2,1-2,4H3. The molecule has 1 atom stereocenters. The van der Waals surface area contributed by atoms with Gasteiger partial charge in [0.05, 0.1) is 6.61 Å². The molecule has 0 fully saturated rings. The van der Waals surface area contributed by atoms with Crippen LogP contribution in [0, 0.1) is 0 Å². The number of hydrogen-bond acceptors (Lipinski definition) is 3. The molecule has 0 aromatic rings. The number of hydrogen-bond donors (Lipinski definition) is 0. The fourth-order valence-electron chi connectivity index (χ4n) is 1.89. The summed E-state index contributed by atoms with van der Waals surface area (Å²) in [6, 6.07) is -0.543. The summed E-state index contributed by atoms with van der Waals surface area (Å²) in [6.07, 6.45) is 7.36. The Morgan fingerprint density at radius 2 is 1.80 bits per heavy atom. The zero-order chi connectivity index (χ0) is 15.4. The molecule has 0 saturated carbocycles. The van der Waals surface area contributed by atoms with E-state index in [1.165, 1.54) is 11.0 Å². The van der Waals surface area contributed by atoms with Gasteiger partial charge in [-0.05, 0) is 25.8 Å². The summed E-state index contributed by atoms with van der Waals surface area (Å²) in [5.41, 5.74) is 0. The van der Waals surface area contributed by atoms with E-state index in [1.807, 2.05) is 6.92 Å². The zero-order valence-electron chi connectivity index (χ0n) is 13.2. The largest absolute Gasteiger partial charge is 0.464 e. The average Bonchev–Trinajstić information content (AvgIpc) is 2.46. The van der Waals surface area contributed by atoms with Crippen LogP contribution in [-0.2, 0) is 14.3 Å². The third-order valence-corrected chi connectivity index (χ3v) is 3.26. The fraction of sp³-hybridized carbons (Fsp3) is 0.750. The van der Waals surface area contributed by atoms with E-state index in [2.05, 4.69) is 13.5 Å². The number of unbranched alkanes of at least 4 members (excludes halogenated alkanes) is 4. The van der Waals surface area contributed by atoms with Crippen LogP contribution in [0.4, 0.5) is 0 Å². The molecule has 0 rings (SSSR count). The van der Waals surface area contributed by atoms with Crippen molar-refractivity contribution in [2.24, 2.45) is 0 Å². The quantitative estimate of drug-likeness (QED) is 0.332. The molecular weight excluding hydrogens is 254 g/mol. The van der Waals surface area contributed by atoms with Crippen LogP contribution in [-0.4, -0.2) is 36.0 Å². The highest BCUT2D eigenvalue weighted by molar-refractivity contribution is 5.91. The van der Waals surface area contributed by atoms with Crippen molar-refractivity contribution in [3.05, 3.63) is 12.7 Å². The normalized spacial score (nSPS) is 11.8. The monoisotopic (exact) mass is 283 g/mol. The molecule has 4 nitrogen and oxygen atoms in total. The summed E-state index contributed by atoms with van der Waals surface area (Å²) in [5.74, 6) is -0.540. The molecule has 4 heteroatoms. The zero-order valence-corrected chi connectivity index (χ0v) is 13.2. The van der Waals surface area contributed by atoms with Gasteiger partial charge in [-0.2, -0.15) is 0 Å². The Kier molecular flexibility index (Phi) is 10.7. The Morgan fingerprint density at radius 3 is 2.35 bits per heavy atom. The van der Waals surface area contributed by atoms with Crippen molar-refractivity contribution in [1.82, 2.24) is 4.90 Å². The van der Waals surface area contributed by atoms with Crippen molar-refractivity contribution >= 4 is 11.9 Å². The molecule has 0 aromatic heterocycles. The molecule has 0 spiro atoms. The molecule has 0 heterocycles. The molecule has 116 valence electrons. The van der Waals surface area contributed by atoms with E-state index >= 15 is 0 Å². The van der Waals surface area contributed by atoms with Gasteiger partial charge in [0.2, 0.25) is 5.91 Å². The van der Waals surface area contributed by atoms with E-state index in [1.54, 1.807) is 6.92 Å². The average molecular weight is 283 g/mol. The molecule has 1 unspecified atom stereocenters. The van der Waals surface area contributed by atoms with Crippen molar-refractivity contribution in [2.75, 3.05) is 13.2 Å². The molecule has 20 heavy (non-hydrogen) atoms. The molecule has 0 aromatic carbocycles. The maximum absolute atomic E-state index is 12.0. The van der Waals surface area contributed by atoms with Crippen LogP contribution >= 0.6 is 0 Å². The summed E-state index contributed by atoms with van der Waals surface area (Å²) in [7, 11) is 0. The molecule has 0 aliphatic heterocycles. The summed E-state index contributed by atoms with van der Waals surface area (Å²) in [4.78, 5) is 25.3. The summed E-state index contributed by atoms with van der Waals surface area (Å²) in [6.45, 7) is 10.4. The molecule has 0 N–H and O–H groups in total. The van der Waals surface area contributed by atoms with Crippen LogP contribution in [0.3, 0.4) is 0 Å². The second kappa shape index (κ2) is 11.5. The van der Waals surface area contributed by atoms with Gasteiger partial charge in [-0.1, -0.05) is 46.1 Å². The van der Waals surface area contributed by atoms with Crippen LogP contribution < -0.4 is 0 Å². The third-order valence-electron chi connectivity index (χ3n) is 3.26. The minimum atomic E-state index is -0.543. The first-order valence-electron chi connectivity index (χ1n) is 7.68. The number of amides is 1. The summed E-state index contributed by atoms with van der Waals surface area (Å²) in [5, 5.41) is 0. The Bertz CT molecular complexity index is 302. The van der Waals surface area contributed by atoms with Gasteiger partial charge in [-0.25, -0.2) is 4.79 Å². The highest BCUT2D eigenvalue weighted by Crippen LogP contribution is 2.07. The van der Waals surface area contributed by atoms with Crippen molar-refractivity contribution < 1.29 is 14.3 Å². The predicted octanol–water partition coefficient (Wildman–Crippen LogP) is 3.31. The minimum absolute atomic E-state index is 0.214. The van der Waals surface area contributed by atoms with Gasteiger partial charge in [0.1, 0.15) is 6.04 Å². The SMILES string of the molecule is C=CC(=O)N(CCCC)C(C)C(=O)OCCCCCC. The lowest BCUT2D eigenvalue weighted by Crippen LogP contribution is -2.43. The highest BCUT2D eigenvalue weighted by atomic mass is 16.5. The van der Waals surface area contributed by atoms with Gasteiger partial charge in [-0.3, -0.25) is 4.79 Å². The van der Waals surface area contributed by atoms with Gasteiger partial charge >= 0.3 is 5.97 Å². The highest BCUT2D eigenvalue weighted by Gasteiger charge is 2.24. The second-order valence-electron chi connectivity index (χ2n) is 4.99. The van der Waals surface area contributed by atoms with Crippen LogP contribution in [0.5, 0.6) is 0 Å². The number of carbonyl (C=O) groups is 2. The third kappa shape index (κ3) is 7.31. The lowest BCUT2D eigenvalue weighted by atomic mass is 10.2. The maximum Gasteiger partial charge on any atom is 0.328 e. The lowest BCUT2D eigenvalue weighted by Gasteiger charge is -2.26. The number of rotatable bonds is 11. The molecular formula is C16H29NO3. The van der Waals surface area contributed by atoms with E-state index in [0.717, 1.165) is 38.5 Å². The predicted molar refractivity (Wildman–Crippen MR) is 81.4 cm³/mol. The van der Waals surface area contributed by atoms with E-state index < -0.39 is 6.04 Å². The lowest BCUT2D eigenvalue weighted by molar-refractivity contribution is -0.153. The number of nitrogens with zero attached hydrogens (tertiary/aromatic N) is 1. The van der Waals surface area contributed by atoms with Crippen LogP contribution in [0.15, 0.2) is 12.7 Å². The molecule has 0 bridgehead atoms. The van der Waals surface area contributed by atoms with Gasteiger partial charge < -0.3 is 9.64 Å². The molecule has 0 aliphatic rings. The van der Waals surface area contributed by atoms with Crippen LogP contribution in [0.25, 0.3) is 0 Å². The number of ether oxygens (including phenoxy) is 1. The summed E-state index contributed by atoms with van der Waals surface area (Å²) < 4.78 is 5.24. The molecule has 0 radical (unpaired) electrons. The first-order chi connectivity index (χ1) is 9.58. The van der Waals surface area contributed by atoms with Gasteiger partial charge in [0.25, 0.3) is 0 Å². The van der Waals surface area contributed by atoms with Gasteiger partial charge in [-0.15, -0.1) is 0 Å². The Hall–Kier alpha value is -1.32. The van der Waals surface area contributed by atoms with Crippen molar-refractivity contribution in [2.45, 2.75) is 65.3 Å². The van der Waals surface area contributed by atoms with Gasteiger partial charge in [0.15, 0.2) is 0 Å². The van der Waals surface area contributed by atoms with Crippen molar-refractivity contribution in [3.63, 3.8) is 0 Å². The Labute approximate surface area is 123 Å². The summed E-state index contributed by atoms with van der Waals surface area (Å²) >= 11 is 0. The van der Waals surface area contributed by atoms with Crippen molar-refractivity contribution in [1.29, 1.82) is 0 Å². The van der Waals surface area contributed by atoms with Crippen molar-refractivity contribution in [3.8, 4) is 0 Å². The fourth-order valence-corrected chi connectivity index (χ4v) is 1.89. The number of carbonyl (C=O) groups excluding carboxylic acids is 2. The first-order valence-corrected chi connectivity index (χ1v) is 7.68. The van der Waals surface area contributed by atoms with Crippen LogP contribution in [0.1, 0.15) is 59.3 Å². The first kappa shape index (κ1) is 18.7. The Balaban J connectivity index is 4.26. The van der Waals surface area contributed by atoms with Crippen LogP contribution in [0.2, 0.25) is 0 Å². The van der Waals surface area contributed by atoms with E-state index in [0.29, 0.717) is 13.2 Å². The van der Waals surface area contributed by atoms with E-state index in [-0.39, 0.29) is 11.9 Å². The maximum atomic E-state index is 12.0. The minimum Gasteiger partial charge on any atom is -0.464 e. The van der Waals surface area contributed by atoms with E-state index in [4.69, 9.17) is 4.74 Å². The van der Waals surface area contributed by atoms with Gasteiger partial charge in [0, 0.05) is 6.54 Å². The smallest absolute Gasteiger partial charge is 0.328 e. The Morgan fingerprint density at radius 1 is 1.15 bits per heavy atom. The van der Waals surface area contributed by atoms with E-state index in [9.17, 15) is 9.59 Å². The number of esters is 1. The topological polar surface area (TPSA) is 46.6 Å². The molecule has 0 saturated heterocycles. The second-order valence-corrected chi connectivity index (χ2v) is 4.99. The molecule has 1 amide bonds.